The topological polar surface area (TPSA) is 3.24 Å². The van der Waals surface area contributed by atoms with Crippen molar-refractivity contribution in [2.45, 2.75) is 40.4 Å². The maximum absolute atomic E-state index is 2.59. The molecule has 1 aromatic heterocycles. The summed E-state index contributed by atoms with van der Waals surface area (Å²) >= 11 is 6.14. The van der Waals surface area contributed by atoms with Gasteiger partial charge in [-0.15, -0.1) is 0 Å². The van der Waals surface area contributed by atoms with Crippen LogP contribution >= 0.6 is 34.9 Å². The van der Waals surface area contributed by atoms with Crippen molar-refractivity contribution in [1.82, 2.24) is 0 Å². The van der Waals surface area contributed by atoms with Crippen LogP contribution in [0.1, 0.15) is 25.7 Å². The Balaban J connectivity index is 1.14. The molecule has 0 fully saturated rings. The van der Waals surface area contributed by atoms with Crippen molar-refractivity contribution in [3.8, 4) is 11.1 Å². The molecule has 44 heavy (non-hydrogen) atoms. The molecule has 0 spiro atoms. The zero-order chi connectivity index (χ0) is 28.8. The molecule has 1 aliphatic carbocycles. The fourth-order valence-corrected chi connectivity index (χ4v) is 13.4. The molecule has 10 rings (SSSR count). The summed E-state index contributed by atoms with van der Waals surface area (Å²) in [4.78, 5) is 8.36. The standard InChI is InChI=1S/C38H26BNS3Se/c1-4-11-31-25(8-1)26(22-41-31)23-16-19-36-28(20-23)39-27-18-17-24(21-35(27)43-34-14-7-15-37(44-36)38(34)39)40-29-9-2-5-12-32(29)42-33-13-6-3-10-30(33)40/h1-2,4-5,7-9,11-12,14-22H,3,6,10,13H2. The van der Waals surface area contributed by atoms with Crippen molar-refractivity contribution < 1.29 is 0 Å². The molecule has 0 saturated carbocycles. The van der Waals surface area contributed by atoms with Gasteiger partial charge >= 0.3 is 279 Å². The molecule has 4 heterocycles. The van der Waals surface area contributed by atoms with E-state index in [4.69, 9.17) is 0 Å². The van der Waals surface area contributed by atoms with E-state index in [1.807, 2.05) is 34.9 Å². The van der Waals surface area contributed by atoms with Crippen molar-refractivity contribution in [1.29, 1.82) is 0 Å². The second-order valence-corrected chi connectivity index (χ2v) is 17.3. The molecule has 210 valence electrons. The summed E-state index contributed by atoms with van der Waals surface area (Å²) in [5, 5.41) is 3.71. The Bertz CT molecular complexity index is 2200. The van der Waals surface area contributed by atoms with Gasteiger partial charge in [0, 0.05) is 0 Å². The number of benzene rings is 5. The third-order valence-corrected chi connectivity index (χ3v) is 15.2. The minimum atomic E-state index is 0.274. The van der Waals surface area contributed by atoms with Crippen LogP contribution < -0.4 is 30.2 Å². The van der Waals surface area contributed by atoms with E-state index in [0.717, 1.165) is 6.42 Å². The number of rotatable bonds is 2. The molecule has 0 radical (unpaired) electrons. The van der Waals surface area contributed by atoms with Crippen LogP contribution in [-0.4, -0.2) is 21.7 Å². The molecular formula is C38H26BNS3Se. The molecule has 3 aliphatic heterocycles. The first kappa shape index (κ1) is 26.1. The van der Waals surface area contributed by atoms with E-state index in [-0.39, 0.29) is 6.71 Å². The number of thioether (sulfide) groups is 1. The summed E-state index contributed by atoms with van der Waals surface area (Å²) in [6.45, 7) is 0.274. The number of allylic oxidation sites excluding steroid dienone is 2. The SMILES string of the molecule is c1ccc2c(c1)SC1=C(CCCC1)N2c1ccc2c(c1)Sc1cccc3c1B2c1cc(-c2csc4ccccc24)ccc1[Se]3. The first-order valence-electron chi connectivity index (χ1n) is 15.3. The third-order valence-electron chi connectivity index (χ3n) is 9.43. The van der Waals surface area contributed by atoms with Gasteiger partial charge in [0.15, 0.2) is 0 Å². The van der Waals surface area contributed by atoms with Crippen molar-refractivity contribution in [3.63, 3.8) is 0 Å². The Kier molecular flexibility index (Phi) is 6.06. The number of fused-ring (bicyclic) bond motifs is 6. The average Bonchev–Trinajstić information content (AvgIpc) is 3.51. The van der Waals surface area contributed by atoms with Crippen molar-refractivity contribution >= 4 is 103 Å². The van der Waals surface area contributed by atoms with E-state index in [1.54, 1.807) is 14.8 Å². The zero-order valence-corrected chi connectivity index (χ0v) is 28.0. The van der Waals surface area contributed by atoms with Gasteiger partial charge in [0.2, 0.25) is 0 Å². The van der Waals surface area contributed by atoms with Crippen LogP contribution in [-0.2, 0) is 0 Å². The van der Waals surface area contributed by atoms with E-state index < -0.39 is 0 Å². The molecule has 1 nitrogen and oxygen atoms in total. The van der Waals surface area contributed by atoms with Crippen molar-refractivity contribution in [2.24, 2.45) is 0 Å². The van der Waals surface area contributed by atoms with E-state index in [2.05, 4.69) is 113 Å². The Morgan fingerprint density at radius 2 is 1.57 bits per heavy atom. The number of anilines is 2. The van der Waals surface area contributed by atoms with Gasteiger partial charge < -0.3 is 0 Å². The number of hydrogen-bond acceptors (Lipinski definition) is 4. The number of para-hydroxylation sites is 1. The first-order chi connectivity index (χ1) is 21.8. The van der Waals surface area contributed by atoms with E-state index >= 15 is 0 Å². The van der Waals surface area contributed by atoms with Gasteiger partial charge in [0.1, 0.15) is 0 Å². The number of thiophene rings is 1. The molecule has 6 aromatic rings. The Morgan fingerprint density at radius 1 is 0.682 bits per heavy atom. The second-order valence-electron chi connectivity index (χ2n) is 11.9. The van der Waals surface area contributed by atoms with E-state index in [0.29, 0.717) is 15.0 Å². The Hall–Kier alpha value is -3.12. The van der Waals surface area contributed by atoms with Gasteiger partial charge in [-0.3, -0.25) is 0 Å². The van der Waals surface area contributed by atoms with Crippen LogP contribution in [0.2, 0.25) is 0 Å². The van der Waals surface area contributed by atoms with Crippen LogP contribution in [0.3, 0.4) is 0 Å². The summed E-state index contributed by atoms with van der Waals surface area (Å²) in [5.41, 5.74) is 11.4. The molecule has 0 atom stereocenters. The first-order valence-corrected chi connectivity index (χ1v) is 19.5. The summed E-state index contributed by atoms with van der Waals surface area (Å²) < 4.78 is 4.43. The summed E-state index contributed by atoms with van der Waals surface area (Å²) in [6.07, 6.45) is 4.93. The molecule has 0 amide bonds. The van der Waals surface area contributed by atoms with Crippen LogP contribution in [0.4, 0.5) is 11.4 Å². The molecule has 0 saturated heterocycles. The van der Waals surface area contributed by atoms with Gasteiger partial charge in [-0.1, -0.05) is 0 Å². The molecule has 0 bridgehead atoms. The zero-order valence-electron chi connectivity index (χ0n) is 23.9. The van der Waals surface area contributed by atoms with Gasteiger partial charge in [-0.25, -0.2) is 0 Å². The van der Waals surface area contributed by atoms with Crippen LogP contribution in [0.15, 0.2) is 134 Å². The normalized spacial score (nSPS) is 16.3. The molecule has 0 N–H and O–H groups in total. The van der Waals surface area contributed by atoms with Crippen LogP contribution in [0.25, 0.3) is 21.2 Å². The molecule has 4 aliphatic rings. The van der Waals surface area contributed by atoms with Crippen LogP contribution in [0, 0.1) is 0 Å². The van der Waals surface area contributed by atoms with Gasteiger partial charge in [0.25, 0.3) is 0 Å². The van der Waals surface area contributed by atoms with Gasteiger partial charge in [-0.2, -0.15) is 0 Å². The number of hydrogen-bond donors (Lipinski definition) is 0. The predicted octanol–water partition coefficient (Wildman–Crippen LogP) is 7.55. The molecular weight excluding hydrogens is 656 g/mol. The van der Waals surface area contributed by atoms with Gasteiger partial charge in [0.05, 0.1) is 0 Å². The Morgan fingerprint density at radius 3 is 2.57 bits per heavy atom. The minimum absolute atomic E-state index is 0.274. The quantitative estimate of drug-likeness (QED) is 0.174. The Labute approximate surface area is 277 Å². The second kappa shape index (κ2) is 10.2. The number of nitrogens with zero attached hydrogens (tertiary/aromatic N) is 1. The molecule has 5 aromatic carbocycles. The summed E-state index contributed by atoms with van der Waals surface area (Å²) in [7, 11) is 0. The fourth-order valence-electron chi connectivity index (χ4n) is 7.44. The predicted molar refractivity (Wildman–Crippen MR) is 194 cm³/mol. The molecule has 0 unspecified atom stereocenters. The fraction of sp³-hybridized carbons (Fsp3) is 0.105. The summed E-state index contributed by atoms with van der Waals surface area (Å²) in [5.74, 6) is 0. The van der Waals surface area contributed by atoms with Crippen LogP contribution in [0.5, 0.6) is 0 Å². The summed E-state index contributed by atoms with van der Waals surface area (Å²) in [6, 6.07) is 39.5. The van der Waals surface area contributed by atoms with E-state index in [1.165, 1.54) is 87.6 Å². The van der Waals surface area contributed by atoms with Crippen molar-refractivity contribution in [2.75, 3.05) is 4.90 Å². The van der Waals surface area contributed by atoms with Gasteiger partial charge in [-0.05, 0) is 0 Å². The molecule has 6 heteroatoms. The van der Waals surface area contributed by atoms with Crippen molar-refractivity contribution in [3.05, 3.63) is 119 Å². The maximum atomic E-state index is 2.59. The monoisotopic (exact) mass is 683 g/mol. The van der Waals surface area contributed by atoms with E-state index in [9.17, 15) is 0 Å². The average molecular weight is 683 g/mol. The third kappa shape index (κ3) is 3.95.